The lowest BCUT2D eigenvalue weighted by Gasteiger charge is -2.14. The SMILES string of the molecule is COc1cc(/C=C2\SC(=S)N(c3ccc(Cl)cc3)C2=O)ccc1OCC(=O)Nc1c(C)cc(Br)cc1C. The number of nitrogens with zero attached hydrogens (tertiary/aromatic N) is 1. The van der Waals surface area contributed by atoms with Gasteiger partial charge in [-0.1, -0.05) is 57.6 Å². The minimum atomic E-state index is -0.287. The van der Waals surface area contributed by atoms with E-state index in [0.717, 1.165) is 26.9 Å². The maximum absolute atomic E-state index is 13.0. The molecule has 3 aromatic rings. The molecule has 3 aromatic carbocycles. The molecule has 1 aliphatic heterocycles. The van der Waals surface area contributed by atoms with Gasteiger partial charge < -0.3 is 14.8 Å². The number of thioether (sulfide) groups is 1. The Labute approximate surface area is 238 Å². The highest BCUT2D eigenvalue weighted by molar-refractivity contribution is 9.10. The van der Waals surface area contributed by atoms with Gasteiger partial charge in [0.05, 0.1) is 17.7 Å². The van der Waals surface area contributed by atoms with Crippen molar-refractivity contribution in [3.63, 3.8) is 0 Å². The molecule has 4 rings (SSSR count). The standard InChI is InChI=1S/C27H22BrClN2O4S2/c1-15-10-18(28)11-16(2)25(15)30-24(32)14-35-21-9-4-17(12-22(21)34-3)13-23-26(33)31(27(36)37-23)20-7-5-19(29)6-8-20/h4-13H,14H2,1-3H3,(H,30,32)/b23-13-. The number of rotatable bonds is 7. The molecular weight excluding hydrogens is 596 g/mol. The monoisotopic (exact) mass is 616 g/mol. The lowest BCUT2D eigenvalue weighted by Crippen LogP contribution is -2.27. The summed E-state index contributed by atoms with van der Waals surface area (Å²) in [6.07, 6.45) is 1.74. The van der Waals surface area contributed by atoms with Gasteiger partial charge >= 0.3 is 0 Å². The second-order valence-corrected chi connectivity index (χ2v) is 11.2. The van der Waals surface area contributed by atoms with E-state index in [0.29, 0.717) is 31.4 Å². The number of methoxy groups -OCH3 is 1. The molecule has 0 aromatic heterocycles. The Bertz CT molecular complexity index is 1400. The van der Waals surface area contributed by atoms with Gasteiger partial charge in [-0.05, 0) is 85.1 Å². The summed E-state index contributed by atoms with van der Waals surface area (Å²) in [6.45, 7) is 3.67. The van der Waals surface area contributed by atoms with Crippen molar-refractivity contribution in [3.05, 3.63) is 85.7 Å². The number of amides is 2. The molecule has 0 bridgehead atoms. The molecule has 1 saturated heterocycles. The molecule has 0 unspecified atom stereocenters. The van der Waals surface area contributed by atoms with Crippen molar-refractivity contribution in [2.24, 2.45) is 0 Å². The van der Waals surface area contributed by atoms with Crippen molar-refractivity contribution in [2.45, 2.75) is 13.8 Å². The average molecular weight is 618 g/mol. The summed E-state index contributed by atoms with van der Waals surface area (Å²) in [7, 11) is 1.51. The molecule has 37 heavy (non-hydrogen) atoms. The largest absolute Gasteiger partial charge is 0.493 e. The van der Waals surface area contributed by atoms with Crippen LogP contribution < -0.4 is 19.7 Å². The summed E-state index contributed by atoms with van der Waals surface area (Å²) < 4.78 is 12.6. The summed E-state index contributed by atoms with van der Waals surface area (Å²) in [5.41, 5.74) is 4.04. The highest BCUT2D eigenvalue weighted by Crippen LogP contribution is 2.37. The molecule has 1 aliphatic rings. The van der Waals surface area contributed by atoms with E-state index >= 15 is 0 Å². The Balaban J connectivity index is 1.45. The minimum absolute atomic E-state index is 0.190. The van der Waals surface area contributed by atoms with Crippen LogP contribution >= 0.6 is 51.5 Å². The Kier molecular flexibility index (Phi) is 8.59. The van der Waals surface area contributed by atoms with E-state index in [4.69, 9.17) is 33.3 Å². The number of ether oxygens (including phenoxy) is 2. The third-order valence-corrected chi connectivity index (χ3v) is 7.50. The maximum Gasteiger partial charge on any atom is 0.270 e. The van der Waals surface area contributed by atoms with Crippen LogP contribution in [0.25, 0.3) is 6.08 Å². The topological polar surface area (TPSA) is 67.9 Å². The number of aryl methyl sites for hydroxylation is 2. The zero-order chi connectivity index (χ0) is 26.7. The number of hydrogen-bond acceptors (Lipinski definition) is 6. The molecule has 2 amide bonds. The fraction of sp³-hybridized carbons (Fsp3) is 0.148. The van der Waals surface area contributed by atoms with Crippen molar-refractivity contribution in [2.75, 3.05) is 23.9 Å². The summed E-state index contributed by atoms with van der Waals surface area (Å²) in [5.74, 6) is 0.343. The van der Waals surface area contributed by atoms with Crippen LogP contribution in [0.5, 0.6) is 11.5 Å². The van der Waals surface area contributed by atoms with E-state index in [9.17, 15) is 9.59 Å². The molecular formula is C27H22BrClN2O4S2. The van der Waals surface area contributed by atoms with Crippen molar-refractivity contribution < 1.29 is 19.1 Å². The molecule has 1 fully saturated rings. The first kappa shape index (κ1) is 27.2. The lowest BCUT2D eigenvalue weighted by molar-refractivity contribution is -0.118. The number of carbonyl (C=O) groups excluding carboxylic acids is 2. The first-order valence-electron chi connectivity index (χ1n) is 11.1. The van der Waals surface area contributed by atoms with Gasteiger partial charge in [0.1, 0.15) is 0 Å². The summed E-state index contributed by atoms with van der Waals surface area (Å²) in [4.78, 5) is 27.5. The first-order chi connectivity index (χ1) is 17.7. The highest BCUT2D eigenvalue weighted by Gasteiger charge is 2.33. The van der Waals surface area contributed by atoms with E-state index in [1.165, 1.54) is 23.8 Å². The summed E-state index contributed by atoms with van der Waals surface area (Å²) in [6, 6.07) is 16.0. The molecule has 0 atom stereocenters. The number of hydrogen-bond donors (Lipinski definition) is 1. The molecule has 10 heteroatoms. The van der Waals surface area contributed by atoms with Crippen molar-refractivity contribution in [1.29, 1.82) is 0 Å². The molecule has 0 radical (unpaired) electrons. The van der Waals surface area contributed by atoms with Crippen LogP contribution in [0.3, 0.4) is 0 Å². The van der Waals surface area contributed by atoms with Gasteiger partial charge in [0, 0.05) is 15.2 Å². The zero-order valence-electron chi connectivity index (χ0n) is 20.1. The van der Waals surface area contributed by atoms with E-state index < -0.39 is 0 Å². The molecule has 1 heterocycles. The lowest BCUT2D eigenvalue weighted by atomic mass is 10.1. The van der Waals surface area contributed by atoms with Crippen LogP contribution in [-0.2, 0) is 9.59 Å². The maximum atomic E-state index is 13.0. The Morgan fingerprint density at radius 2 is 1.78 bits per heavy atom. The second kappa shape index (κ2) is 11.7. The van der Waals surface area contributed by atoms with Gasteiger partial charge in [0.2, 0.25) is 0 Å². The van der Waals surface area contributed by atoms with Gasteiger partial charge in [-0.2, -0.15) is 0 Å². The van der Waals surface area contributed by atoms with Crippen LogP contribution in [0, 0.1) is 13.8 Å². The third-order valence-electron chi connectivity index (χ3n) is 5.48. The van der Waals surface area contributed by atoms with Crippen LogP contribution in [0.15, 0.2) is 64.0 Å². The molecule has 6 nitrogen and oxygen atoms in total. The number of anilines is 2. The van der Waals surface area contributed by atoms with Gasteiger partial charge in [-0.15, -0.1) is 0 Å². The fourth-order valence-corrected chi connectivity index (χ4v) is 5.86. The van der Waals surface area contributed by atoms with Crippen molar-refractivity contribution in [1.82, 2.24) is 0 Å². The number of nitrogens with one attached hydrogen (secondary N) is 1. The van der Waals surface area contributed by atoms with Crippen LogP contribution in [0.4, 0.5) is 11.4 Å². The van der Waals surface area contributed by atoms with E-state index in [2.05, 4.69) is 21.2 Å². The van der Waals surface area contributed by atoms with Crippen LogP contribution in [0.2, 0.25) is 5.02 Å². The van der Waals surface area contributed by atoms with Crippen LogP contribution in [-0.4, -0.2) is 29.9 Å². The highest BCUT2D eigenvalue weighted by atomic mass is 79.9. The number of thiocarbonyl (C=S) groups is 1. The fourth-order valence-electron chi connectivity index (χ4n) is 3.75. The zero-order valence-corrected chi connectivity index (χ0v) is 24.1. The predicted molar refractivity (Wildman–Crippen MR) is 158 cm³/mol. The molecule has 0 aliphatic carbocycles. The first-order valence-corrected chi connectivity index (χ1v) is 13.5. The minimum Gasteiger partial charge on any atom is -0.493 e. The Hall–Kier alpha value is -2.85. The van der Waals surface area contributed by atoms with Gasteiger partial charge in [0.25, 0.3) is 11.8 Å². The number of carbonyl (C=O) groups is 2. The number of halogens is 2. The van der Waals surface area contributed by atoms with Crippen LogP contribution in [0.1, 0.15) is 16.7 Å². The molecule has 0 spiro atoms. The average Bonchev–Trinajstić information content (AvgIpc) is 3.13. The number of benzene rings is 3. The van der Waals surface area contributed by atoms with Gasteiger partial charge in [-0.3, -0.25) is 14.5 Å². The summed E-state index contributed by atoms with van der Waals surface area (Å²) in [5, 5.41) is 3.48. The predicted octanol–water partition coefficient (Wildman–Crippen LogP) is 7.15. The Morgan fingerprint density at radius 1 is 1.11 bits per heavy atom. The quantitative estimate of drug-likeness (QED) is 0.224. The van der Waals surface area contributed by atoms with Crippen molar-refractivity contribution >= 4 is 85.1 Å². The van der Waals surface area contributed by atoms with Gasteiger partial charge in [0.15, 0.2) is 22.4 Å². The molecule has 190 valence electrons. The van der Waals surface area contributed by atoms with E-state index in [1.54, 1.807) is 48.5 Å². The van der Waals surface area contributed by atoms with E-state index in [1.807, 2.05) is 26.0 Å². The second-order valence-electron chi connectivity index (χ2n) is 8.16. The third kappa shape index (κ3) is 6.35. The Morgan fingerprint density at radius 3 is 2.43 bits per heavy atom. The smallest absolute Gasteiger partial charge is 0.270 e. The molecule has 1 N–H and O–H groups in total. The van der Waals surface area contributed by atoms with E-state index in [-0.39, 0.29) is 18.4 Å². The summed E-state index contributed by atoms with van der Waals surface area (Å²) >= 11 is 16.1. The van der Waals surface area contributed by atoms with Crippen molar-refractivity contribution in [3.8, 4) is 11.5 Å². The molecule has 0 saturated carbocycles. The van der Waals surface area contributed by atoms with Gasteiger partial charge in [-0.25, -0.2) is 0 Å². The normalized spacial score (nSPS) is 14.3.